The normalized spacial score (nSPS) is 14.0. The molecule has 0 fully saturated rings. The molecular weight excluding hydrogens is 546 g/mol. The highest BCUT2D eigenvalue weighted by Gasteiger charge is 2.25. The number of allylic oxidation sites excluding steroid dienone is 10. The van der Waals surface area contributed by atoms with Crippen molar-refractivity contribution in [3.05, 3.63) is 60.8 Å². The Balaban J connectivity index is 4.17. The molecule has 0 saturated heterocycles. The minimum atomic E-state index is -1.14. The summed E-state index contributed by atoms with van der Waals surface area (Å²) in [5.74, 6) is -1.90. The largest absolute Gasteiger partial charge is 0.544 e. The molecule has 0 aromatic rings. The molecule has 0 rings (SSSR count). The quantitative estimate of drug-likeness (QED) is 0.0534. The molecule has 43 heavy (non-hydrogen) atoms. The Morgan fingerprint density at radius 1 is 0.721 bits per heavy atom. The number of carboxylic acid groups (broad SMARTS) is 1. The van der Waals surface area contributed by atoms with Crippen molar-refractivity contribution in [3.63, 3.8) is 0 Å². The third kappa shape index (κ3) is 25.3. The number of carbonyl (C=O) groups excluding carboxylic acids is 3. The number of ether oxygens (including phenoxy) is 3. The highest BCUT2D eigenvalue weighted by molar-refractivity contribution is 5.70. The highest BCUT2D eigenvalue weighted by Crippen LogP contribution is 2.10. The van der Waals surface area contributed by atoms with E-state index in [-0.39, 0.29) is 49.5 Å². The molecule has 0 aliphatic rings. The highest BCUT2D eigenvalue weighted by atomic mass is 16.6. The topological polar surface area (TPSA) is 102 Å². The lowest BCUT2D eigenvalue weighted by Crippen LogP contribution is -2.55. The van der Waals surface area contributed by atoms with Crippen LogP contribution in [0.25, 0.3) is 0 Å². The summed E-state index contributed by atoms with van der Waals surface area (Å²) < 4.78 is 16.4. The summed E-state index contributed by atoms with van der Waals surface area (Å²) in [6.07, 6.45) is 30.3. The van der Waals surface area contributed by atoms with E-state index < -0.39 is 24.1 Å². The zero-order valence-electron chi connectivity index (χ0n) is 27.3. The number of aliphatic carboxylic acids is 1. The van der Waals surface area contributed by atoms with Gasteiger partial charge in [0.1, 0.15) is 12.6 Å². The lowest BCUT2D eigenvalue weighted by atomic mass is 10.1. The van der Waals surface area contributed by atoms with Crippen LogP contribution in [0.3, 0.4) is 0 Å². The second kappa shape index (κ2) is 26.6. The van der Waals surface area contributed by atoms with Gasteiger partial charge in [-0.2, -0.15) is 0 Å². The molecule has 8 heteroatoms. The Morgan fingerprint density at radius 2 is 1.28 bits per heavy atom. The maximum absolute atomic E-state index is 12.4. The van der Waals surface area contributed by atoms with Crippen LogP contribution in [-0.4, -0.2) is 75.5 Å². The number of esters is 2. The average molecular weight is 604 g/mol. The standard InChI is InChI=1S/C35H57NO7/c1-6-8-9-10-11-12-13-14-15-16-17-18-19-20-21-22-23-24-25-26-34(38)43-31(30-42-33(37)7-2)29-41-28-27-32(35(39)40)36(3,4)5/h8-9,11-12,14-15,17-18,20-21,31-32H,6-7,10,13,16,19,22-30H2,1-5H3/b9-8-,12-11-,15-14-,18-17-,21-20-. The number of hydrogen-bond acceptors (Lipinski definition) is 7. The van der Waals surface area contributed by atoms with E-state index in [0.717, 1.165) is 51.4 Å². The summed E-state index contributed by atoms with van der Waals surface area (Å²) in [6.45, 7) is 3.90. The van der Waals surface area contributed by atoms with E-state index in [9.17, 15) is 19.5 Å². The van der Waals surface area contributed by atoms with Crippen molar-refractivity contribution >= 4 is 17.9 Å². The van der Waals surface area contributed by atoms with Gasteiger partial charge in [0.05, 0.1) is 40.3 Å². The Kier molecular flexibility index (Phi) is 24.8. The zero-order chi connectivity index (χ0) is 32.2. The van der Waals surface area contributed by atoms with Gasteiger partial charge in [-0.3, -0.25) is 9.59 Å². The maximum Gasteiger partial charge on any atom is 0.306 e. The summed E-state index contributed by atoms with van der Waals surface area (Å²) in [4.78, 5) is 35.4. The minimum absolute atomic E-state index is 0.0176. The first-order chi connectivity index (χ1) is 20.6. The van der Waals surface area contributed by atoms with Gasteiger partial charge < -0.3 is 28.6 Å². The molecule has 0 spiro atoms. The maximum atomic E-state index is 12.4. The van der Waals surface area contributed by atoms with Crippen LogP contribution in [0.4, 0.5) is 0 Å². The molecule has 0 N–H and O–H groups in total. The molecule has 0 heterocycles. The molecular formula is C35H57NO7. The van der Waals surface area contributed by atoms with Crippen LogP contribution >= 0.6 is 0 Å². The van der Waals surface area contributed by atoms with E-state index in [1.54, 1.807) is 28.1 Å². The van der Waals surface area contributed by atoms with Crippen LogP contribution in [-0.2, 0) is 28.6 Å². The van der Waals surface area contributed by atoms with Crippen molar-refractivity contribution in [2.24, 2.45) is 0 Å². The molecule has 2 atom stereocenters. The molecule has 0 aliphatic carbocycles. The summed E-state index contributed by atoms with van der Waals surface area (Å²) >= 11 is 0. The van der Waals surface area contributed by atoms with Gasteiger partial charge in [0.2, 0.25) is 0 Å². The molecule has 8 nitrogen and oxygen atoms in total. The first kappa shape index (κ1) is 40.0. The van der Waals surface area contributed by atoms with Crippen molar-refractivity contribution in [2.45, 2.75) is 103 Å². The monoisotopic (exact) mass is 603 g/mol. The van der Waals surface area contributed by atoms with E-state index in [4.69, 9.17) is 14.2 Å². The fraction of sp³-hybridized carbons (Fsp3) is 0.629. The van der Waals surface area contributed by atoms with E-state index in [1.807, 2.05) is 0 Å². The summed E-state index contributed by atoms with van der Waals surface area (Å²) in [6, 6.07) is -0.728. The molecule has 2 unspecified atom stereocenters. The third-order valence-corrected chi connectivity index (χ3v) is 6.47. The molecule has 0 aliphatic heterocycles. The van der Waals surface area contributed by atoms with Crippen molar-refractivity contribution in [2.75, 3.05) is 41.0 Å². The number of carbonyl (C=O) groups is 3. The number of quaternary nitrogens is 1. The van der Waals surface area contributed by atoms with Crippen LogP contribution in [0.2, 0.25) is 0 Å². The second-order valence-electron chi connectivity index (χ2n) is 11.3. The number of rotatable bonds is 26. The number of hydrogen-bond donors (Lipinski definition) is 0. The third-order valence-electron chi connectivity index (χ3n) is 6.47. The molecule has 0 bridgehead atoms. The molecule has 0 amide bonds. The minimum Gasteiger partial charge on any atom is -0.544 e. The Labute approximate surface area is 260 Å². The van der Waals surface area contributed by atoms with Gasteiger partial charge in [-0.05, 0) is 51.4 Å². The Bertz CT molecular complexity index is 896. The fourth-order valence-electron chi connectivity index (χ4n) is 3.96. The van der Waals surface area contributed by atoms with Crippen molar-refractivity contribution < 1.29 is 38.2 Å². The second-order valence-corrected chi connectivity index (χ2v) is 11.3. The summed E-state index contributed by atoms with van der Waals surface area (Å²) in [7, 11) is 5.33. The van der Waals surface area contributed by atoms with Gasteiger partial charge in [0.25, 0.3) is 0 Å². The Morgan fingerprint density at radius 3 is 1.79 bits per heavy atom. The zero-order valence-corrected chi connectivity index (χ0v) is 27.3. The molecule has 0 aromatic heterocycles. The lowest BCUT2D eigenvalue weighted by molar-refractivity contribution is -0.889. The van der Waals surface area contributed by atoms with Crippen LogP contribution < -0.4 is 5.11 Å². The predicted molar refractivity (Wildman–Crippen MR) is 171 cm³/mol. The van der Waals surface area contributed by atoms with E-state index in [0.29, 0.717) is 6.42 Å². The van der Waals surface area contributed by atoms with E-state index >= 15 is 0 Å². The summed E-state index contributed by atoms with van der Waals surface area (Å²) in [5, 5.41) is 11.4. The number of carboxylic acids is 1. The van der Waals surface area contributed by atoms with Gasteiger partial charge in [-0.15, -0.1) is 0 Å². The molecule has 0 saturated carbocycles. The number of nitrogens with zero attached hydrogens (tertiary/aromatic N) is 1. The first-order valence-corrected chi connectivity index (χ1v) is 15.8. The Hall–Kier alpha value is -2.97. The van der Waals surface area contributed by atoms with Gasteiger partial charge in [-0.25, -0.2) is 0 Å². The van der Waals surface area contributed by atoms with Crippen LogP contribution in [0.1, 0.15) is 90.9 Å². The molecule has 244 valence electrons. The molecule has 0 aromatic carbocycles. The van der Waals surface area contributed by atoms with Crippen LogP contribution in [0, 0.1) is 0 Å². The SMILES string of the molecule is CC/C=C\C/C=C\C/C=C\C/C=C\C/C=C\CCCCCC(=O)OC(COCCC(C(=O)[O-])[N+](C)(C)C)COC(=O)CC. The smallest absolute Gasteiger partial charge is 0.306 e. The van der Waals surface area contributed by atoms with Gasteiger partial charge in [0, 0.05) is 19.3 Å². The first-order valence-electron chi connectivity index (χ1n) is 15.8. The number of unbranched alkanes of at least 4 members (excludes halogenated alkanes) is 3. The van der Waals surface area contributed by atoms with E-state index in [1.165, 1.54) is 0 Å². The predicted octanol–water partition coefficient (Wildman–Crippen LogP) is 5.78. The van der Waals surface area contributed by atoms with Crippen molar-refractivity contribution in [1.29, 1.82) is 0 Å². The average Bonchev–Trinajstić information content (AvgIpc) is 2.95. The summed E-state index contributed by atoms with van der Waals surface area (Å²) in [5.41, 5.74) is 0. The van der Waals surface area contributed by atoms with Gasteiger partial charge >= 0.3 is 11.9 Å². The van der Waals surface area contributed by atoms with Gasteiger partial charge in [0.15, 0.2) is 6.10 Å². The van der Waals surface area contributed by atoms with Gasteiger partial charge in [-0.1, -0.05) is 81.0 Å². The van der Waals surface area contributed by atoms with Crippen LogP contribution in [0.15, 0.2) is 60.8 Å². The van der Waals surface area contributed by atoms with Crippen LogP contribution in [0.5, 0.6) is 0 Å². The van der Waals surface area contributed by atoms with Crippen molar-refractivity contribution in [1.82, 2.24) is 0 Å². The van der Waals surface area contributed by atoms with Crippen molar-refractivity contribution in [3.8, 4) is 0 Å². The number of likely N-dealkylation sites (N-methyl/N-ethyl adjacent to an activating group) is 1. The lowest BCUT2D eigenvalue weighted by Gasteiger charge is -2.34. The van der Waals surface area contributed by atoms with E-state index in [2.05, 4.69) is 67.7 Å². The fourth-order valence-corrected chi connectivity index (χ4v) is 3.96. The molecule has 0 radical (unpaired) electrons.